The van der Waals surface area contributed by atoms with Crippen LogP contribution in [0, 0.1) is 0 Å². The lowest BCUT2D eigenvalue weighted by atomic mass is 10.1. The predicted molar refractivity (Wildman–Crippen MR) is 89.7 cm³/mol. The fourth-order valence-electron chi connectivity index (χ4n) is 2.08. The molecule has 2 rings (SSSR count). The molecule has 122 valence electrons. The smallest absolute Gasteiger partial charge is 0.251 e. The Bertz CT molecular complexity index is 702. The topological polar surface area (TPSA) is 60.5 Å². The fraction of sp³-hybridized carbons (Fsp3) is 0.250. The molecule has 1 amide bonds. The fourth-order valence-corrected chi connectivity index (χ4v) is 2.54. The molecule has 5 nitrogen and oxygen atoms in total. The molecule has 0 spiro atoms. The Kier molecular flexibility index (Phi) is 5.69. The van der Waals surface area contributed by atoms with Gasteiger partial charge in [0.2, 0.25) is 0 Å². The van der Waals surface area contributed by atoms with E-state index >= 15 is 0 Å². The summed E-state index contributed by atoms with van der Waals surface area (Å²) in [7, 11) is 3.13. The number of halogens is 2. The van der Waals surface area contributed by atoms with Crippen molar-refractivity contribution in [3.8, 4) is 11.5 Å². The van der Waals surface area contributed by atoms with E-state index in [0.29, 0.717) is 17.1 Å². The molecular weight excluding hydrogens is 339 g/mol. The molecule has 1 heterocycles. The molecule has 2 aromatic rings. The summed E-state index contributed by atoms with van der Waals surface area (Å²) in [5, 5.41) is 3.21. The molecule has 0 bridgehead atoms. The van der Waals surface area contributed by atoms with Gasteiger partial charge in [0.1, 0.15) is 10.3 Å². The van der Waals surface area contributed by atoms with Crippen molar-refractivity contribution >= 4 is 29.1 Å². The van der Waals surface area contributed by atoms with Gasteiger partial charge in [0.05, 0.1) is 20.3 Å². The van der Waals surface area contributed by atoms with E-state index in [0.717, 1.165) is 5.56 Å². The highest BCUT2D eigenvalue weighted by Crippen LogP contribution is 2.30. The summed E-state index contributed by atoms with van der Waals surface area (Å²) in [6, 6.07) is 8.15. The number of benzene rings is 1. The first kappa shape index (κ1) is 17.4. The van der Waals surface area contributed by atoms with Crippen LogP contribution in [0.2, 0.25) is 10.3 Å². The Morgan fingerprint density at radius 3 is 2.26 bits per heavy atom. The number of hydrogen-bond donors (Lipinski definition) is 1. The van der Waals surface area contributed by atoms with Gasteiger partial charge in [-0.25, -0.2) is 4.98 Å². The SMILES string of the molecule is COc1ccc(C(C)NC(=O)c2cc(Cl)nc(Cl)c2)cc1OC. The summed E-state index contributed by atoms with van der Waals surface area (Å²) in [6.07, 6.45) is 0. The van der Waals surface area contributed by atoms with Crippen LogP contribution in [0.25, 0.3) is 0 Å². The van der Waals surface area contributed by atoms with Crippen LogP contribution in [0.3, 0.4) is 0 Å². The lowest BCUT2D eigenvalue weighted by molar-refractivity contribution is 0.0939. The van der Waals surface area contributed by atoms with Crippen molar-refractivity contribution in [2.45, 2.75) is 13.0 Å². The molecule has 0 saturated carbocycles. The molecule has 7 heteroatoms. The number of nitrogens with one attached hydrogen (secondary N) is 1. The Labute approximate surface area is 144 Å². The number of aromatic nitrogens is 1. The number of rotatable bonds is 5. The molecule has 1 aromatic carbocycles. The largest absolute Gasteiger partial charge is 0.493 e. The third-order valence-corrected chi connectivity index (χ3v) is 3.67. The van der Waals surface area contributed by atoms with E-state index in [2.05, 4.69) is 10.3 Å². The summed E-state index contributed by atoms with van der Waals surface area (Å²) in [6.45, 7) is 1.86. The molecule has 1 aromatic heterocycles. The molecule has 23 heavy (non-hydrogen) atoms. The van der Waals surface area contributed by atoms with Crippen molar-refractivity contribution < 1.29 is 14.3 Å². The number of hydrogen-bond acceptors (Lipinski definition) is 4. The number of methoxy groups -OCH3 is 2. The number of carbonyl (C=O) groups is 1. The third kappa shape index (κ3) is 4.27. The van der Waals surface area contributed by atoms with Gasteiger partial charge >= 0.3 is 0 Å². The van der Waals surface area contributed by atoms with Crippen molar-refractivity contribution in [3.05, 3.63) is 51.8 Å². The highest BCUT2D eigenvalue weighted by atomic mass is 35.5. The van der Waals surface area contributed by atoms with Gasteiger partial charge in [-0.15, -0.1) is 0 Å². The molecular formula is C16H16Cl2N2O3. The first-order valence-corrected chi connectivity index (χ1v) is 7.56. The van der Waals surface area contributed by atoms with Gasteiger partial charge in [0.15, 0.2) is 11.5 Å². The van der Waals surface area contributed by atoms with E-state index in [-0.39, 0.29) is 22.3 Å². The minimum absolute atomic E-state index is 0.168. The van der Waals surface area contributed by atoms with Crippen LogP contribution in [0.1, 0.15) is 28.9 Å². The minimum atomic E-state index is -0.293. The van der Waals surface area contributed by atoms with Crippen molar-refractivity contribution in [2.24, 2.45) is 0 Å². The number of amides is 1. The third-order valence-electron chi connectivity index (χ3n) is 3.28. The predicted octanol–water partition coefficient (Wildman–Crippen LogP) is 3.90. The number of nitrogens with zero attached hydrogens (tertiary/aromatic N) is 1. The molecule has 0 aliphatic rings. The Morgan fingerprint density at radius 1 is 1.09 bits per heavy atom. The van der Waals surface area contributed by atoms with Crippen LogP contribution >= 0.6 is 23.2 Å². The van der Waals surface area contributed by atoms with Crippen molar-refractivity contribution in [2.75, 3.05) is 14.2 Å². The number of pyridine rings is 1. The zero-order chi connectivity index (χ0) is 17.0. The van der Waals surface area contributed by atoms with Gasteiger partial charge in [-0.3, -0.25) is 4.79 Å². The zero-order valence-corrected chi connectivity index (χ0v) is 14.4. The molecule has 0 saturated heterocycles. The van der Waals surface area contributed by atoms with Crippen molar-refractivity contribution in [1.29, 1.82) is 0 Å². The van der Waals surface area contributed by atoms with Crippen LogP contribution < -0.4 is 14.8 Å². The van der Waals surface area contributed by atoms with Crippen LogP contribution in [0.5, 0.6) is 11.5 Å². The van der Waals surface area contributed by atoms with Crippen LogP contribution in [0.15, 0.2) is 30.3 Å². The average Bonchev–Trinajstić information content (AvgIpc) is 2.53. The Hall–Kier alpha value is -1.98. The van der Waals surface area contributed by atoms with Gasteiger partial charge in [-0.1, -0.05) is 29.3 Å². The second-order valence-electron chi connectivity index (χ2n) is 4.81. The number of carbonyl (C=O) groups excluding carboxylic acids is 1. The van der Waals surface area contributed by atoms with Gasteiger partial charge in [0.25, 0.3) is 5.91 Å². The zero-order valence-electron chi connectivity index (χ0n) is 12.9. The summed E-state index contributed by atoms with van der Waals surface area (Å²) in [5.74, 6) is 0.932. The maximum absolute atomic E-state index is 12.3. The standard InChI is InChI=1S/C16H16Cl2N2O3/c1-9(10-4-5-12(22-2)13(6-10)23-3)19-16(21)11-7-14(17)20-15(18)8-11/h4-9H,1-3H3,(H,19,21). The van der Waals surface area contributed by atoms with Crippen LogP contribution in [0.4, 0.5) is 0 Å². The van der Waals surface area contributed by atoms with Crippen LogP contribution in [-0.4, -0.2) is 25.1 Å². The van der Waals surface area contributed by atoms with Crippen molar-refractivity contribution in [3.63, 3.8) is 0 Å². The molecule has 1 unspecified atom stereocenters. The summed E-state index contributed by atoms with van der Waals surface area (Å²) in [5.41, 5.74) is 1.23. The second kappa shape index (κ2) is 7.53. The van der Waals surface area contributed by atoms with Gasteiger partial charge in [0, 0.05) is 5.56 Å². The van der Waals surface area contributed by atoms with E-state index in [4.69, 9.17) is 32.7 Å². The quantitative estimate of drug-likeness (QED) is 0.827. The highest BCUT2D eigenvalue weighted by Gasteiger charge is 2.15. The van der Waals surface area contributed by atoms with Crippen molar-refractivity contribution in [1.82, 2.24) is 10.3 Å². The Balaban J connectivity index is 2.18. The molecule has 0 radical (unpaired) electrons. The van der Waals surface area contributed by atoms with Gasteiger partial charge in [-0.2, -0.15) is 0 Å². The molecule has 0 aliphatic carbocycles. The first-order chi connectivity index (χ1) is 10.9. The maximum atomic E-state index is 12.3. The molecule has 1 N–H and O–H groups in total. The minimum Gasteiger partial charge on any atom is -0.493 e. The van der Waals surface area contributed by atoms with Crippen LogP contribution in [-0.2, 0) is 0 Å². The van der Waals surface area contributed by atoms with E-state index in [1.165, 1.54) is 12.1 Å². The Morgan fingerprint density at radius 2 is 1.70 bits per heavy atom. The van der Waals surface area contributed by atoms with Gasteiger partial charge < -0.3 is 14.8 Å². The van der Waals surface area contributed by atoms with E-state index in [1.54, 1.807) is 20.3 Å². The molecule has 0 fully saturated rings. The average molecular weight is 355 g/mol. The molecule has 1 atom stereocenters. The monoisotopic (exact) mass is 354 g/mol. The molecule has 0 aliphatic heterocycles. The maximum Gasteiger partial charge on any atom is 0.251 e. The van der Waals surface area contributed by atoms with Gasteiger partial charge in [-0.05, 0) is 36.8 Å². The van der Waals surface area contributed by atoms with E-state index in [9.17, 15) is 4.79 Å². The first-order valence-electron chi connectivity index (χ1n) is 6.80. The lowest BCUT2D eigenvalue weighted by Gasteiger charge is -2.16. The number of ether oxygens (including phenoxy) is 2. The second-order valence-corrected chi connectivity index (χ2v) is 5.59. The normalized spacial score (nSPS) is 11.7. The van der Waals surface area contributed by atoms with E-state index in [1.807, 2.05) is 19.1 Å². The van der Waals surface area contributed by atoms with E-state index < -0.39 is 0 Å². The summed E-state index contributed by atoms with van der Waals surface area (Å²) >= 11 is 11.6. The lowest BCUT2D eigenvalue weighted by Crippen LogP contribution is -2.26. The summed E-state index contributed by atoms with van der Waals surface area (Å²) in [4.78, 5) is 16.1. The summed E-state index contributed by atoms with van der Waals surface area (Å²) < 4.78 is 10.5. The highest BCUT2D eigenvalue weighted by molar-refractivity contribution is 6.33.